The molecule has 10 aromatic carbocycles. The molecule has 3 aromatic heterocycles. The van der Waals surface area contributed by atoms with Crippen molar-refractivity contribution in [1.29, 1.82) is 0 Å². The van der Waals surface area contributed by atoms with Crippen molar-refractivity contribution in [2.75, 3.05) is 9.80 Å². The first-order chi connectivity index (χ1) is 37.4. The van der Waals surface area contributed by atoms with Gasteiger partial charge in [0, 0.05) is 71.5 Å². The van der Waals surface area contributed by atoms with E-state index >= 15 is 0 Å². The molecule has 2 aliphatic carbocycles. The van der Waals surface area contributed by atoms with Gasteiger partial charge in [-0.15, -0.1) is 0 Å². The van der Waals surface area contributed by atoms with Crippen molar-refractivity contribution in [3.05, 3.63) is 228 Å². The summed E-state index contributed by atoms with van der Waals surface area (Å²) in [6, 6.07) is 70.6. The van der Waals surface area contributed by atoms with Crippen LogP contribution in [-0.4, -0.2) is 0 Å². The summed E-state index contributed by atoms with van der Waals surface area (Å²) in [6.07, 6.45) is 0. The van der Waals surface area contributed by atoms with Crippen LogP contribution in [-0.2, 0) is 10.8 Å². The summed E-state index contributed by atoms with van der Waals surface area (Å²) < 4.78 is 21.2. The third-order valence-electron chi connectivity index (χ3n) is 17.3. The van der Waals surface area contributed by atoms with E-state index in [1.807, 2.05) is 0 Å². The number of anilines is 6. The summed E-state index contributed by atoms with van der Waals surface area (Å²) in [7, 11) is 0. The highest BCUT2D eigenvalue weighted by molar-refractivity contribution is 6.21. The highest BCUT2D eigenvalue weighted by atomic mass is 16.3. The van der Waals surface area contributed by atoms with Gasteiger partial charge in [0.15, 0.2) is 11.2 Å². The molecule has 3 heterocycles. The van der Waals surface area contributed by atoms with Crippen LogP contribution >= 0.6 is 0 Å². The highest BCUT2D eigenvalue weighted by Crippen LogP contribution is 2.64. The molecule has 5 nitrogen and oxygen atoms in total. The summed E-state index contributed by atoms with van der Waals surface area (Å²) in [5.41, 5.74) is 23.5. The minimum absolute atomic E-state index is 0.319. The van der Waals surface area contributed by atoms with E-state index in [4.69, 9.17) is 13.3 Å². The minimum atomic E-state index is -0.429. The maximum Gasteiger partial charge on any atom is 0.159 e. The first-order valence-corrected chi connectivity index (χ1v) is 27.3. The van der Waals surface area contributed by atoms with Crippen LogP contribution < -0.4 is 9.80 Å². The third kappa shape index (κ3) is 6.34. The lowest BCUT2D eigenvalue weighted by Crippen LogP contribution is -2.24. The second-order valence-corrected chi connectivity index (χ2v) is 23.1. The number of nitrogens with zero attached hydrogens (tertiary/aromatic N) is 2. The van der Waals surface area contributed by atoms with E-state index in [0.717, 1.165) is 94.6 Å². The van der Waals surface area contributed by atoms with E-state index in [1.165, 1.54) is 61.0 Å². The Kier molecular flexibility index (Phi) is 9.68. The molecule has 0 spiro atoms. The molecule has 0 saturated heterocycles. The van der Waals surface area contributed by atoms with Crippen molar-refractivity contribution < 1.29 is 13.3 Å². The van der Waals surface area contributed by atoms with Gasteiger partial charge in [0.2, 0.25) is 0 Å². The summed E-state index contributed by atoms with van der Waals surface area (Å²) in [5.74, 6) is 0.638. The quantitative estimate of drug-likeness (QED) is 0.152. The fourth-order valence-corrected chi connectivity index (χ4v) is 13.7. The lowest BCUT2D eigenvalue weighted by atomic mass is 9.72. The molecule has 0 bridgehead atoms. The largest absolute Gasteiger partial charge is 0.455 e. The van der Waals surface area contributed by atoms with Gasteiger partial charge in [0.25, 0.3) is 0 Å². The number of furan rings is 3. The summed E-state index contributed by atoms with van der Waals surface area (Å²) in [5, 5.41) is 6.82. The molecule has 0 amide bonds. The maximum absolute atomic E-state index is 7.20. The van der Waals surface area contributed by atoms with Gasteiger partial charge in [0.1, 0.15) is 22.3 Å². The van der Waals surface area contributed by atoms with Crippen LogP contribution in [0.4, 0.5) is 34.1 Å². The van der Waals surface area contributed by atoms with Gasteiger partial charge in [0.05, 0.1) is 11.4 Å². The van der Waals surface area contributed by atoms with Gasteiger partial charge in [-0.25, -0.2) is 0 Å². The molecule has 0 atom stereocenters. The van der Waals surface area contributed by atoms with Crippen LogP contribution in [0.25, 0.3) is 88.1 Å². The van der Waals surface area contributed by atoms with Gasteiger partial charge in [-0.1, -0.05) is 183 Å². The Morgan fingerprint density at radius 3 is 1.26 bits per heavy atom. The SMILES string of the molecule is CC(C)c1cccc2c1oc1c(N(c3ccccc3)c3ccc4c(c3)C(C)(C)c3c5c(c6c(oc7ccccc76)c3-4)-c3ccc(N(c4ccccc4)c4cccc6c4oc4c(C(C)C)cccc46)cc3C5(C)C)cccc12. The van der Waals surface area contributed by atoms with Crippen molar-refractivity contribution in [2.24, 2.45) is 0 Å². The van der Waals surface area contributed by atoms with Crippen LogP contribution in [0.5, 0.6) is 0 Å². The number of hydrogen-bond acceptors (Lipinski definition) is 5. The van der Waals surface area contributed by atoms with E-state index in [9.17, 15) is 0 Å². The molecule has 0 aliphatic heterocycles. The molecule has 0 unspecified atom stereocenters. The number of fused-ring (bicyclic) bond motifs is 18. The van der Waals surface area contributed by atoms with Crippen molar-refractivity contribution in [1.82, 2.24) is 0 Å². The molecule has 0 N–H and O–H groups in total. The minimum Gasteiger partial charge on any atom is -0.455 e. The second-order valence-electron chi connectivity index (χ2n) is 23.1. The van der Waals surface area contributed by atoms with Crippen LogP contribution in [0.1, 0.15) is 101 Å². The molecule has 0 fully saturated rings. The smallest absolute Gasteiger partial charge is 0.159 e. The topological polar surface area (TPSA) is 45.9 Å². The molecule has 2 aliphatic rings. The van der Waals surface area contributed by atoms with Crippen LogP contribution in [0.2, 0.25) is 0 Å². The first-order valence-electron chi connectivity index (χ1n) is 27.3. The normalized spacial score (nSPS) is 14.2. The lowest BCUT2D eigenvalue weighted by Gasteiger charge is -2.32. The standard InChI is InChI=1S/C72H58N2O3/c1-41(2)47-26-17-28-49-51-30-19-32-58(68(51)76-66(47)49)73(43-21-11-9-12-22-43)45-35-37-53-56(39-45)71(5,6)64-61(53)62-55-25-15-16-34-60(55)75-70(62)63-54-38-36-46(40-57(54)72(7,8)65(63)64)74(44-23-13-10-14-24-44)59-33-20-31-52-50-29-18-27-48(42(3)4)67(50)77-69(52)59/h9-42H,1-8H3. The Bertz CT molecular complexity index is 4580. The molecule has 13 aromatic rings. The molecular weight excluding hydrogens is 941 g/mol. The van der Waals surface area contributed by atoms with E-state index in [-0.39, 0.29) is 0 Å². The van der Waals surface area contributed by atoms with Crippen LogP contribution in [0.15, 0.2) is 207 Å². The number of rotatable bonds is 8. The zero-order valence-electron chi connectivity index (χ0n) is 44.7. The van der Waals surface area contributed by atoms with Gasteiger partial charge in [-0.3, -0.25) is 0 Å². The Morgan fingerprint density at radius 2 is 0.766 bits per heavy atom. The van der Waals surface area contributed by atoms with Gasteiger partial charge < -0.3 is 23.1 Å². The van der Waals surface area contributed by atoms with Crippen molar-refractivity contribution in [3.8, 4) is 22.3 Å². The maximum atomic E-state index is 7.20. The number of para-hydroxylation sites is 7. The van der Waals surface area contributed by atoms with Gasteiger partial charge in [-0.2, -0.15) is 0 Å². The summed E-state index contributed by atoms with van der Waals surface area (Å²) >= 11 is 0. The second kappa shape index (κ2) is 16.4. The Balaban J connectivity index is 0.937. The van der Waals surface area contributed by atoms with Crippen molar-refractivity contribution in [3.63, 3.8) is 0 Å². The summed E-state index contributed by atoms with van der Waals surface area (Å²) in [6.45, 7) is 18.7. The van der Waals surface area contributed by atoms with Crippen LogP contribution in [0, 0.1) is 0 Å². The molecule has 77 heavy (non-hydrogen) atoms. The molecular formula is C72H58N2O3. The first kappa shape index (κ1) is 45.6. The monoisotopic (exact) mass is 998 g/mol. The fraction of sp³-hybridized carbons (Fsp3) is 0.167. The highest BCUT2D eigenvalue weighted by Gasteiger charge is 2.49. The van der Waals surface area contributed by atoms with Gasteiger partial charge >= 0.3 is 0 Å². The molecule has 15 rings (SSSR count). The van der Waals surface area contributed by atoms with E-state index in [1.54, 1.807) is 0 Å². The Hall–Kier alpha value is -8.80. The lowest BCUT2D eigenvalue weighted by molar-refractivity contribution is 0.600. The summed E-state index contributed by atoms with van der Waals surface area (Å²) in [4.78, 5) is 4.77. The van der Waals surface area contributed by atoms with E-state index in [2.05, 4.69) is 259 Å². The van der Waals surface area contributed by atoms with Gasteiger partial charge in [-0.05, 0) is 129 Å². The molecule has 0 radical (unpaired) electrons. The zero-order chi connectivity index (χ0) is 52.2. The Labute approximate surface area is 448 Å². The molecule has 0 saturated carbocycles. The predicted octanol–water partition coefficient (Wildman–Crippen LogP) is 21.2. The number of hydrogen-bond donors (Lipinski definition) is 0. The number of benzene rings is 10. The van der Waals surface area contributed by atoms with E-state index in [0.29, 0.717) is 11.8 Å². The fourth-order valence-electron chi connectivity index (χ4n) is 13.7. The molecule has 374 valence electrons. The van der Waals surface area contributed by atoms with Crippen molar-refractivity contribution >= 4 is 99.9 Å². The average Bonchev–Trinajstić information content (AvgIpc) is 4.31. The average molecular weight is 999 g/mol. The van der Waals surface area contributed by atoms with E-state index < -0.39 is 10.8 Å². The third-order valence-corrected chi connectivity index (χ3v) is 17.3. The Morgan fingerprint density at radius 1 is 0.351 bits per heavy atom. The van der Waals surface area contributed by atoms with Crippen LogP contribution in [0.3, 0.4) is 0 Å². The zero-order valence-corrected chi connectivity index (χ0v) is 44.7. The molecule has 5 heteroatoms. The van der Waals surface area contributed by atoms with Crippen molar-refractivity contribution in [2.45, 2.75) is 78.1 Å². The predicted molar refractivity (Wildman–Crippen MR) is 321 cm³/mol.